The van der Waals surface area contributed by atoms with Gasteiger partial charge in [-0.2, -0.15) is 0 Å². The molecule has 0 spiro atoms. The van der Waals surface area contributed by atoms with Crippen LogP contribution in [0.2, 0.25) is 0 Å². The standard InChI is InChI=1S/C22H31F3N2O3S/c1-14(26-31(29)21(5,6)7)16-9-8-10-17(18(16)23)22(24,25)11-15-12-27(13-15)19(28)30-20(2,3)4/h8-10,15H,11-13H2,1-7H3/b26-14-/t31-/m0/s1. The minimum absolute atomic E-state index is 0.0984. The molecule has 174 valence electrons. The van der Waals surface area contributed by atoms with Crippen LogP contribution in [0, 0.1) is 11.7 Å². The fourth-order valence-corrected chi connectivity index (χ4v) is 3.67. The van der Waals surface area contributed by atoms with E-state index in [-0.39, 0.29) is 24.4 Å². The molecule has 0 N–H and O–H groups in total. The molecule has 1 saturated heterocycles. The maximum Gasteiger partial charge on any atom is 0.410 e. The van der Waals surface area contributed by atoms with Crippen LogP contribution in [0.4, 0.5) is 18.0 Å². The van der Waals surface area contributed by atoms with Crippen molar-refractivity contribution in [2.45, 2.75) is 71.2 Å². The molecule has 0 saturated carbocycles. The van der Waals surface area contributed by atoms with Gasteiger partial charge in [-0.3, -0.25) is 0 Å². The van der Waals surface area contributed by atoms with Gasteiger partial charge in [-0.15, -0.1) is 0 Å². The van der Waals surface area contributed by atoms with Crippen LogP contribution in [0.15, 0.2) is 22.6 Å². The second-order valence-electron chi connectivity index (χ2n) is 9.87. The van der Waals surface area contributed by atoms with E-state index >= 15 is 0 Å². The van der Waals surface area contributed by atoms with E-state index < -0.39 is 57.4 Å². The largest absolute Gasteiger partial charge is 0.591 e. The normalized spacial score (nSPS) is 17.4. The highest BCUT2D eigenvalue weighted by Gasteiger charge is 2.43. The number of amides is 1. The smallest absolute Gasteiger partial charge is 0.410 e. The number of carbonyl (C=O) groups excluding carboxylic acids is 1. The first-order valence-electron chi connectivity index (χ1n) is 10.1. The van der Waals surface area contributed by atoms with Crippen LogP contribution in [0.3, 0.4) is 0 Å². The van der Waals surface area contributed by atoms with Crippen molar-refractivity contribution in [3.8, 4) is 0 Å². The fourth-order valence-electron chi connectivity index (χ4n) is 3.05. The summed E-state index contributed by atoms with van der Waals surface area (Å²) in [4.78, 5) is 13.3. The van der Waals surface area contributed by atoms with E-state index in [0.717, 1.165) is 6.07 Å². The number of likely N-dealkylation sites (tertiary alicyclic amines) is 1. The molecule has 0 bridgehead atoms. The second kappa shape index (κ2) is 9.02. The third-order valence-corrected chi connectivity index (χ3v) is 6.17. The lowest BCUT2D eigenvalue weighted by atomic mass is 9.89. The SMILES string of the molecule is C/C(=N/[S@@+]([O-])C(C)(C)C)c1cccc(C(F)(F)CC2CN(C(=O)OC(C)(C)C)C2)c1F. The predicted octanol–water partition coefficient (Wildman–Crippen LogP) is 5.45. The minimum Gasteiger partial charge on any atom is -0.591 e. The second-order valence-corrected chi connectivity index (χ2v) is 11.8. The van der Waals surface area contributed by atoms with Crippen molar-refractivity contribution in [1.29, 1.82) is 0 Å². The zero-order valence-electron chi connectivity index (χ0n) is 19.1. The number of hydrogen-bond donors (Lipinski definition) is 0. The van der Waals surface area contributed by atoms with Crippen molar-refractivity contribution in [3.63, 3.8) is 0 Å². The van der Waals surface area contributed by atoms with E-state index in [1.165, 1.54) is 24.0 Å². The van der Waals surface area contributed by atoms with E-state index in [0.29, 0.717) is 0 Å². The lowest BCUT2D eigenvalue weighted by Gasteiger charge is -2.41. The average Bonchev–Trinajstić information content (AvgIpc) is 2.55. The van der Waals surface area contributed by atoms with Gasteiger partial charge in [-0.25, -0.2) is 18.0 Å². The Labute approximate surface area is 185 Å². The summed E-state index contributed by atoms with van der Waals surface area (Å²) < 4.78 is 65.6. The summed E-state index contributed by atoms with van der Waals surface area (Å²) in [5.74, 6) is -4.95. The van der Waals surface area contributed by atoms with Crippen LogP contribution in [-0.2, 0) is 22.0 Å². The summed E-state index contributed by atoms with van der Waals surface area (Å²) in [6.45, 7) is 12.1. The first-order chi connectivity index (χ1) is 14.0. The van der Waals surface area contributed by atoms with Gasteiger partial charge in [0.2, 0.25) is 0 Å². The minimum atomic E-state index is -3.42. The molecule has 1 aromatic rings. The summed E-state index contributed by atoms with van der Waals surface area (Å²) in [5, 5.41) is 0. The lowest BCUT2D eigenvalue weighted by Crippen LogP contribution is -2.52. The molecule has 0 aliphatic carbocycles. The van der Waals surface area contributed by atoms with Crippen LogP contribution in [-0.4, -0.2) is 44.7 Å². The van der Waals surface area contributed by atoms with E-state index in [1.807, 2.05) is 0 Å². The average molecular weight is 461 g/mol. The van der Waals surface area contributed by atoms with Crippen molar-refractivity contribution >= 4 is 23.2 Å². The molecule has 1 aromatic carbocycles. The van der Waals surface area contributed by atoms with E-state index in [1.54, 1.807) is 41.5 Å². The molecule has 1 atom stereocenters. The molecule has 0 radical (unpaired) electrons. The highest BCUT2D eigenvalue weighted by atomic mass is 32.2. The molecule has 1 fully saturated rings. The maximum absolute atomic E-state index is 15.0. The number of alkyl halides is 2. The van der Waals surface area contributed by atoms with Gasteiger partial charge in [-0.1, -0.05) is 22.6 Å². The predicted molar refractivity (Wildman–Crippen MR) is 116 cm³/mol. The van der Waals surface area contributed by atoms with Crippen molar-refractivity contribution in [2.75, 3.05) is 13.1 Å². The molecule has 5 nitrogen and oxygen atoms in total. The number of ether oxygens (including phenoxy) is 1. The summed E-state index contributed by atoms with van der Waals surface area (Å²) in [6.07, 6.45) is -1.13. The van der Waals surface area contributed by atoms with Crippen molar-refractivity contribution in [1.82, 2.24) is 4.90 Å². The van der Waals surface area contributed by atoms with E-state index in [9.17, 15) is 22.5 Å². The summed E-state index contributed by atoms with van der Waals surface area (Å²) in [7, 11) is 0. The molecular weight excluding hydrogens is 429 g/mol. The quantitative estimate of drug-likeness (QED) is 0.434. The Morgan fingerprint density at radius 2 is 1.81 bits per heavy atom. The first kappa shape index (κ1) is 25.5. The zero-order valence-corrected chi connectivity index (χ0v) is 19.9. The van der Waals surface area contributed by atoms with E-state index in [4.69, 9.17) is 4.74 Å². The molecule has 1 amide bonds. The van der Waals surface area contributed by atoms with Crippen LogP contribution in [0.1, 0.15) is 66.0 Å². The number of halogens is 3. The third-order valence-electron chi connectivity index (χ3n) is 4.68. The first-order valence-corrected chi connectivity index (χ1v) is 11.2. The number of benzene rings is 1. The Morgan fingerprint density at radius 1 is 1.23 bits per heavy atom. The molecule has 1 aliphatic heterocycles. The molecule has 0 aromatic heterocycles. The monoisotopic (exact) mass is 460 g/mol. The summed E-state index contributed by atoms with van der Waals surface area (Å²) >= 11 is -1.64. The third kappa shape index (κ3) is 6.62. The van der Waals surface area contributed by atoms with Crippen molar-refractivity contribution in [2.24, 2.45) is 10.3 Å². The van der Waals surface area contributed by atoms with Gasteiger partial charge in [0.1, 0.15) is 27.5 Å². The van der Waals surface area contributed by atoms with Crippen LogP contribution >= 0.6 is 0 Å². The van der Waals surface area contributed by atoms with Gasteiger partial charge < -0.3 is 14.2 Å². The van der Waals surface area contributed by atoms with Gasteiger partial charge in [0.15, 0.2) is 0 Å². The Bertz CT molecular complexity index is 841. The number of carbonyl (C=O) groups is 1. The Balaban J connectivity index is 2.12. The molecule has 1 heterocycles. The molecule has 31 heavy (non-hydrogen) atoms. The highest BCUT2D eigenvalue weighted by molar-refractivity contribution is 7.91. The molecule has 1 aliphatic rings. The van der Waals surface area contributed by atoms with Crippen LogP contribution in [0.25, 0.3) is 0 Å². The van der Waals surface area contributed by atoms with Gasteiger partial charge in [-0.05, 0) is 48.5 Å². The molecule has 0 unspecified atom stereocenters. The fraction of sp³-hybridized carbons (Fsp3) is 0.636. The number of rotatable bonds is 5. The van der Waals surface area contributed by atoms with Gasteiger partial charge in [0.25, 0.3) is 5.92 Å². The van der Waals surface area contributed by atoms with Crippen molar-refractivity contribution in [3.05, 3.63) is 35.1 Å². The van der Waals surface area contributed by atoms with Gasteiger partial charge >= 0.3 is 6.09 Å². The van der Waals surface area contributed by atoms with Crippen LogP contribution in [0.5, 0.6) is 0 Å². The molecule has 9 heteroatoms. The van der Waals surface area contributed by atoms with Crippen LogP contribution < -0.4 is 0 Å². The van der Waals surface area contributed by atoms with E-state index in [2.05, 4.69) is 4.40 Å². The van der Waals surface area contributed by atoms with Crippen molar-refractivity contribution < 1.29 is 27.3 Å². The Hall–Kier alpha value is -1.74. The van der Waals surface area contributed by atoms with Gasteiger partial charge in [0.05, 0.1) is 11.3 Å². The summed E-state index contributed by atoms with van der Waals surface area (Å²) in [5.41, 5.74) is -1.38. The number of hydrogen-bond acceptors (Lipinski definition) is 4. The topological polar surface area (TPSA) is 65.0 Å². The summed E-state index contributed by atoms with van der Waals surface area (Å²) in [6, 6.07) is 3.74. The zero-order chi connectivity index (χ0) is 23.8. The highest BCUT2D eigenvalue weighted by Crippen LogP contribution is 2.39. The number of nitrogens with zero attached hydrogens (tertiary/aromatic N) is 2. The Morgan fingerprint density at radius 3 is 2.32 bits per heavy atom. The lowest BCUT2D eigenvalue weighted by molar-refractivity contribution is -0.0631. The molecular formula is C22H31F3N2O3S. The van der Waals surface area contributed by atoms with Gasteiger partial charge in [0, 0.05) is 31.0 Å². The maximum atomic E-state index is 15.0. The molecule has 2 rings (SSSR count). The Kier molecular flexibility index (Phi) is 7.42.